The molecule has 0 heterocycles. The van der Waals surface area contributed by atoms with E-state index in [9.17, 15) is 9.59 Å². The minimum Gasteiger partial charge on any atom is -0.497 e. The van der Waals surface area contributed by atoms with Crippen LogP contribution in [-0.4, -0.2) is 45.7 Å². The molecular formula is C15H22N2O4. The second-order valence-electron chi connectivity index (χ2n) is 4.50. The van der Waals surface area contributed by atoms with E-state index in [0.717, 1.165) is 17.7 Å². The first-order chi connectivity index (χ1) is 10.2. The number of methoxy groups -OCH3 is 2. The second kappa shape index (κ2) is 9.77. The topological polar surface area (TPSA) is 76.7 Å². The third kappa shape index (κ3) is 7.31. The van der Waals surface area contributed by atoms with Gasteiger partial charge in [-0.2, -0.15) is 0 Å². The highest BCUT2D eigenvalue weighted by Gasteiger charge is 2.06. The molecule has 0 aromatic heterocycles. The molecule has 2 N–H and O–H groups in total. The van der Waals surface area contributed by atoms with Gasteiger partial charge in [-0.1, -0.05) is 12.1 Å². The zero-order valence-corrected chi connectivity index (χ0v) is 12.5. The third-order valence-electron chi connectivity index (χ3n) is 2.82. The van der Waals surface area contributed by atoms with Crippen molar-refractivity contribution in [2.24, 2.45) is 0 Å². The summed E-state index contributed by atoms with van der Waals surface area (Å²) in [5.41, 5.74) is 0.869. The number of ether oxygens (including phenoxy) is 2. The van der Waals surface area contributed by atoms with Gasteiger partial charge < -0.3 is 20.1 Å². The van der Waals surface area contributed by atoms with Gasteiger partial charge in [0.05, 0.1) is 20.1 Å². The average Bonchev–Trinajstić information content (AvgIpc) is 2.50. The van der Waals surface area contributed by atoms with Crippen LogP contribution in [0.5, 0.6) is 5.75 Å². The van der Waals surface area contributed by atoms with Crippen molar-refractivity contribution in [1.82, 2.24) is 10.6 Å². The minimum atomic E-state index is -0.200. The van der Waals surface area contributed by atoms with E-state index in [2.05, 4.69) is 10.6 Å². The van der Waals surface area contributed by atoms with Crippen molar-refractivity contribution < 1.29 is 19.1 Å². The van der Waals surface area contributed by atoms with E-state index >= 15 is 0 Å². The first-order valence-corrected chi connectivity index (χ1v) is 6.81. The SMILES string of the molecule is COCCCNC(=O)CNC(=O)Cc1ccc(OC)cc1. The molecule has 0 aliphatic rings. The van der Waals surface area contributed by atoms with Gasteiger partial charge in [0, 0.05) is 20.3 Å². The van der Waals surface area contributed by atoms with Crippen LogP contribution in [0.2, 0.25) is 0 Å². The molecule has 0 aliphatic heterocycles. The Morgan fingerprint density at radius 1 is 1.05 bits per heavy atom. The fourth-order valence-electron chi connectivity index (χ4n) is 1.68. The normalized spacial score (nSPS) is 10.0. The van der Waals surface area contributed by atoms with Crippen LogP contribution >= 0.6 is 0 Å². The van der Waals surface area contributed by atoms with Gasteiger partial charge in [-0.15, -0.1) is 0 Å². The van der Waals surface area contributed by atoms with Crippen LogP contribution in [0, 0.1) is 0 Å². The summed E-state index contributed by atoms with van der Waals surface area (Å²) in [6.07, 6.45) is 0.989. The van der Waals surface area contributed by atoms with E-state index < -0.39 is 0 Å². The molecule has 0 saturated carbocycles. The minimum absolute atomic E-state index is 0.0119. The Bertz CT molecular complexity index is 445. The maximum atomic E-state index is 11.7. The van der Waals surface area contributed by atoms with Crippen molar-refractivity contribution >= 4 is 11.8 Å². The molecule has 0 unspecified atom stereocenters. The number of carbonyl (C=O) groups is 2. The fourth-order valence-corrected chi connectivity index (χ4v) is 1.68. The predicted octanol–water partition coefficient (Wildman–Crippen LogP) is 0.507. The standard InChI is InChI=1S/C15H22N2O4/c1-20-9-3-8-16-15(19)11-17-14(18)10-12-4-6-13(21-2)7-5-12/h4-7H,3,8-11H2,1-2H3,(H,16,19)(H,17,18). The Hall–Kier alpha value is -2.08. The highest BCUT2D eigenvalue weighted by atomic mass is 16.5. The zero-order chi connectivity index (χ0) is 15.5. The first kappa shape index (κ1) is 17.0. The number of amides is 2. The predicted molar refractivity (Wildman–Crippen MR) is 79.2 cm³/mol. The molecule has 0 spiro atoms. The van der Waals surface area contributed by atoms with E-state index in [1.165, 1.54) is 0 Å². The Kier molecular flexibility index (Phi) is 7.89. The van der Waals surface area contributed by atoms with Gasteiger partial charge in [-0.05, 0) is 24.1 Å². The molecule has 1 aromatic carbocycles. The highest BCUT2D eigenvalue weighted by Crippen LogP contribution is 2.11. The molecule has 0 radical (unpaired) electrons. The summed E-state index contributed by atoms with van der Waals surface area (Å²) in [5.74, 6) is 0.357. The molecule has 0 saturated heterocycles. The van der Waals surface area contributed by atoms with E-state index in [1.807, 2.05) is 12.1 Å². The molecule has 1 rings (SSSR count). The molecule has 6 heteroatoms. The smallest absolute Gasteiger partial charge is 0.239 e. The Morgan fingerprint density at radius 2 is 1.76 bits per heavy atom. The number of benzene rings is 1. The summed E-state index contributed by atoms with van der Waals surface area (Å²) in [6, 6.07) is 7.24. The van der Waals surface area contributed by atoms with Gasteiger partial charge >= 0.3 is 0 Å². The lowest BCUT2D eigenvalue weighted by molar-refractivity contribution is -0.125. The number of nitrogens with one attached hydrogen (secondary N) is 2. The highest BCUT2D eigenvalue weighted by molar-refractivity contribution is 5.85. The van der Waals surface area contributed by atoms with Gasteiger partial charge in [0.15, 0.2) is 0 Å². The van der Waals surface area contributed by atoms with Crippen molar-refractivity contribution in [3.05, 3.63) is 29.8 Å². The van der Waals surface area contributed by atoms with Crippen LogP contribution in [0.4, 0.5) is 0 Å². The molecule has 6 nitrogen and oxygen atoms in total. The third-order valence-corrected chi connectivity index (χ3v) is 2.82. The van der Waals surface area contributed by atoms with Crippen LogP contribution in [0.1, 0.15) is 12.0 Å². The van der Waals surface area contributed by atoms with Gasteiger partial charge in [-0.3, -0.25) is 9.59 Å². The van der Waals surface area contributed by atoms with Gasteiger partial charge in [0.1, 0.15) is 5.75 Å². The fraction of sp³-hybridized carbons (Fsp3) is 0.467. The Labute approximate surface area is 124 Å². The number of carbonyl (C=O) groups excluding carboxylic acids is 2. The Balaban J connectivity index is 2.22. The van der Waals surface area contributed by atoms with Gasteiger partial charge in [0.25, 0.3) is 0 Å². The molecule has 0 bridgehead atoms. The summed E-state index contributed by atoms with van der Waals surface area (Å²) in [5, 5.41) is 5.29. The van der Waals surface area contributed by atoms with Crippen LogP contribution in [0.3, 0.4) is 0 Å². The quantitative estimate of drug-likeness (QED) is 0.651. The summed E-state index contributed by atoms with van der Waals surface area (Å²) in [4.78, 5) is 23.2. The van der Waals surface area contributed by atoms with Crippen LogP contribution < -0.4 is 15.4 Å². The van der Waals surface area contributed by atoms with E-state index in [1.54, 1.807) is 26.4 Å². The lowest BCUT2D eigenvalue weighted by Gasteiger charge is -2.07. The largest absolute Gasteiger partial charge is 0.497 e. The number of hydrogen-bond donors (Lipinski definition) is 2. The number of hydrogen-bond acceptors (Lipinski definition) is 4. The average molecular weight is 294 g/mol. The van der Waals surface area contributed by atoms with Crippen molar-refractivity contribution in [2.45, 2.75) is 12.8 Å². The summed E-state index contributed by atoms with van der Waals surface area (Å²) >= 11 is 0. The summed E-state index contributed by atoms with van der Waals surface area (Å²) in [7, 11) is 3.20. The molecule has 2 amide bonds. The van der Waals surface area contributed by atoms with Crippen LogP contribution in [0.15, 0.2) is 24.3 Å². The lowest BCUT2D eigenvalue weighted by atomic mass is 10.1. The molecule has 116 valence electrons. The zero-order valence-electron chi connectivity index (χ0n) is 12.5. The molecule has 21 heavy (non-hydrogen) atoms. The molecular weight excluding hydrogens is 272 g/mol. The summed E-state index contributed by atoms with van der Waals surface area (Å²) in [6.45, 7) is 1.13. The second-order valence-corrected chi connectivity index (χ2v) is 4.50. The maximum Gasteiger partial charge on any atom is 0.239 e. The van der Waals surface area contributed by atoms with E-state index in [-0.39, 0.29) is 24.8 Å². The molecule has 0 aliphatic carbocycles. The molecule has 1 aromatic rings. The van der Waals surface area contributed by atoms with E-state index in [0.29, 0.717) is 13.2 Å². The molecule has 0 fully saturated rings. The van der Waals surface area contributed by atoms with Gasteiger partial charge in [0.2, 0.25) is 11.8 Å². The lowest BCUT2D eigenvalue weighted by Crippen LogP contribution is -2.38. The molecule has 0 atom stereocenters. The monoisotopic (exact) mass is 294 g/mol. The summed E-state index contributed by atoms with van der Waals surface area (Å²) < 4.78 is 9.92. The van der Waals surface area contributed by atoms with Crippen LogP contribution in [0.25, 0.3) is 0 Å². The van der Waals surface area contributed by atoms with Crippen molar-refractivity contribution in [1.29, 1.82) is 0 Å². The maximum absolute atomic E-state index is 11.7. The van der Waals surface area contributed by atoms with Gasteiger partial charge in [-0.25, -0.2) is 0 Å². The van der Waals surface area contributed by atoms with E-state index in [4.69, 9.17) is 9.47 Å². The van der Waals surface area contributed by atoms with Crippen molar-refractivity contribution in [2.75, 3.05) is 33.9 Å². The number of rotatable bonds is 9. The van der Waals surface area contributed by atoms with Crippen molar-refractivity contribution in [3.8, 4) is 5.75 Å². The Morgan fingerprint density at radius 3 is 2.38 bits per heavy atom. The first-order valence-electron chi connectivity index (χ1n) is 6.81. The van der Waals surface area contributed by atoms with Crippen LogP contribution in [-0.2, 0) is 20.7 Å². The van der Waals surface area contributed by atoms with Crippen molar-refractivity contribution in [3.63, 3.8) is 0 Å².